The summed E-state index contributed by atoms with van der Waals surface area (Å²) in [6, 6.07) is 0. The fourth-order valence-corrected chi connectivity index (χ4v) is 2.35. The molecule has 15 heavy (non-hydrogen) atoms. The van der Waals surface area contributed by atoms with Gasteiger partial charge in [-0.2, -0.15) is 0 Å². The lowest BCUT2D eigenvalue weighted by Gasteiger charge is -2.12. The number of amides is 1. The van der Waals surface area contributed by atoms with Crippen LogP contribution in [0.5, 0.6) is 0 Å². The van der Waals surface area contributed by atoms with Gasteiger partial charge < -0.3 is 5.32 Å². The molecule has 1 aliphatic heterocycles. The maximum Gasteiger partial charge on any atom is 0.243 e. The average Bonchev–Trinajstić information content (AvgIpc) is 2.86. The molecule has 2 N–H and O–H groups in total. The first kappa shape index (κ1) is 10.9. The summed E-state index contributed by atoms with van der Waals surface area (Å²) in [6.45, 7) is 2.01. The topological polar surface area (TPSA) is 50.4 Å². The summed E-state index contributed by atoms with van der Waals surface area (Å²) in [5, 5.41) is 3.25. The first-order valence-electron chi connectivity index (χ1n) is 6.00. The SMILES string of the molecule is O=C(CC1CCNC1)NOC1CCCC1. The van der Waals surface area contributed by atoms with E-state index in [1.54, 1.807) is 0 Å². The van der Waals surface area contributed by atoms with Crippen molar-refractivity contribution in [1.29, 1.82) is 0 Å². The van der Waals surface area contributed by atoms with Crippen molar-refractivity contribution >= 4 is 5.91 Å². The summed E-state index contributed by atoms with van der Waals surface area (Å²) in [5.41, 5.74) is 2.58. The zero-order valence-corrected chi connectivity index (χ0v) is 9.13. The van der Waals surface area contributed by atoms with Crippen LogP contribution in [0.2, 0.25) is 0 Å². The molecule has 1 aliphatic carbocycles. The molecule has 1 amide bonds. The lowest BCUT2D eigenvalue weighted by atomic mass is 10.1. The lowest BCUT2D eigenvalue weighted by molar-refractivity contribution is -0.139. The summed E-state index contributed by atoms with van der Waals surface area (Å²) >= 11 is 0. The Morgan fingerprint density at radius 1 is 1.33 bits per heavy atom. The van der Waals surface area contributed by atoms with Gasteiger partial charge in [0.1, 0.15) is 0 Å². The lowest BCUT2D eigenvalue weighted by Crippen LogP contribution is -2.30. The number of hydroxylamine groups is 1. The molecule has 1 heterocycles. The second-order valence-corrected chi connectivity index (χ2v) is 4.61. The van der Waals surface area contributed by atoms with Crippen LogP contribution < -0.4 is 10.8 Å². The largest absolute Gasteiger partial charge is 0.316 e. The van der Waals surface area contributed by atoms with Crippen molar-refractivity contribution in [2.45, 2.75) is 44.6 Å². The fraction of sp³-hybridized carbons (Fsp3) is 0.909. The van der Waals surface area contributed by atoms with Crippen molar-refractivity contribution in [3.05, 3.63) is 0 Å². The van der Waals surface area contributed by atoms with E-state index in [9.17, 15) is 4.79 Å². The zero-order chi connectivity index (χ0) is 10.5. The molecule has 86 valence electrons. The number of nitrogens with one attached hydrogen (secondary N) is 2. The quantitative estimate of drug-likeness (QED) is 0.683. The summed E-state index contributed by atoms with van der Waals surface area (Å²) < 4.78 is 0. The second-order valence-electron chi connectivity index (χ2n) is 4.61. The highest BCUT2D eigenvalue weighted by molar-refractivity contribution is 5.75. The maximum atomic E-state index is 11.5. The smallest absolute Gasteiger partial charge is 0.243 e. The highest BCUT2D eigenvalue weighted by atomic mass is 16.7. The Morgan fingerprint density at radius 3 is 2.80 bits per heavy atom. The molecule has 1 atom stereocenters. The molecule has 2 fully saturated rings. The van der Waals surface area contributed by atoms with Crippen LogP contribution in [-0.4, -0.2) is 25.1 Å². The van der Waals surface area contributed by atoms with E-state index in [2.05, 4.69) is 10.8 Å². The summed E-state index contributed by atoms with van der Waals surface area (Å²) in [4.78, 5) is 16.8. The van der Waals surface area contributed by atoms with E-state index in [4.69, 9.17) is 4.84 Å². The van der Waals surface area contributed by atoms with Gasteiger partial charge in [-0.25, -0.2) is 5.48 Å². The number of carbonyl (C=O) groups excluding carboxylic acids is 1. The predicted molar refractivity (Wildman–Crippen MR) is 57.1 cm³/mol. The standard InChI is InChI=1S/C11H20N2O2/c14-11(7-9-5-6-12-8-9)13-15-10-3-1-2-4-10/h9-10,12H,1-8H2,(H,13,14). The first-order chi connectivity index (χ1) is 7.34. The van der Waals surface area contributed by atoms with Crippen molar-refractivity contribution in [2.24, 2.45) is 5.92 Å². The second kappa shape index (κ2) is 5.47. The van der Waals surface area contributed by atoms with E-state index in [-0.39, 0.29) is 12.0 Å². The fourth-order valence-electron chi connectivity index (χ4n) is 2.35. The van der Waals surface area contributed by atoms with Crippen LogP contribution >= 0.6 is 0 Å². The van der Waals surface area contributed by atoms with Crippen molar-refractivity contribution in [3.63, 3.8) is 0 Å². The number of hydrogen-bond donors (Lipinski definition) is 2. The van der Waals surface area contributed by atoms with Gasteiger partial charge in [0.25, 0.3) is 0 Å². The highest BCUT2D eigenvalue weighted by Crippen LogP contribution is 2.20. The van der Waals surface area contributed by atoms with Crippen molar-refractivity contribution in [2.75, 3.05) is 13.1 Å². The molecule has 0 aromatic carbocycles. The predicted octanol–water partition coefficient (Wildman–Crippen LogP) is 0.976. The van der Waals surface area contributed by atoms with Gasteiger partial charge in [-0.15, -0.1) is 0 Å². The first-order valence-corrected chi connectivity index (χ1v) is 6.00. The minimum atomic E-state index is 0.0376. The van der Waals surface area contributed by atoms with Crippen molar-refractivity contribution in [1.82, 2.24) is 10.8 Å². The molecular formula is C11H20N2O2. The van der Waals surface area contributed by atoms with Gasteiger partial charge in [0, 0.05) is 6.42 Å². The van der Waals surface area contributed by atoms with Crippen LogP contribution in [0.15, 0.2) is 0 Å². The monoisotopic (exact) mass is 212 g/mol. The normalized spacial score (nSPS) is 27.1. The Balaban J connectivity index is 1.59. The van der Waals surface area contributed by atoms with Gasteiger partial charge in [-0.1, -0.05) is 12.8 Å². The molecule has 0 aromatic rings. The molecule has 0 spiro atoms. The maximum absolute atomic E-state index is 11.5. The summed E-state index contributed by atoms with van der Waals surface area (Å²) in [5.74, 6) is 0.535. The van der Waals surface area contributed by atoms with Gasteiger partial charge in [0.05, 0.1) is 6.10 Å². The van der Waals surface area contributed by atoms with Crippen molar-refractivity contribution in [3.8, 4) is 0 Å². The molecule has 2 rings (SSSR count). The summed E-state index contributed by atoms with van der Waals surface area (Å²) in [7, 11) is 0. The van der Waals surface area contributed by atoms with Crippen LogP contribution in [0.4, 0.5) is 0 Å². The minimum Gasteiger partial charge on any atom is -0.316 e. The van der Waals surface area contributed by atoms with Gasteiger partial charge in [-0.3, -0.25) is 9.63 Å². The Morgan fingerprint density at radius 2 is 2.13 bits per heavy atom. The third-order valence-electron chi connectivity index (χ3n) is 3.28. The van der Waals surface area contributed by atoms with Gasteiger partial charge >= 0.3 is 0 Å². The van der Waals surface area contributed by atoms with Gasteiger partial charge in [-0.05, 0) is 38.3 Å². The average molecular weight is 212 g/mol. The third-order valence-corrected chi connectivity index (χ3v) is 3.28. The van der Waals surface area contributed by atoms with E-state index in [0.29, 0.717) is 12.3 Å². The molecule has 4 nitrogen and oxygen atoms in total. The zero-order valence-electron chi connectivity index (χ0n) is 9.13. The van der Waals surface area contributed by atoms with Gasteiger partial charge in [0.2, 0.25) is 5.91 Å². The number of hydrogen-bond acceptors (Lipinski definition) is 3. The Bertz CT molecular complexity index is 209. The van der Waals surface area contributed by atoms with Crippen LogP contribution in [-0.2, 0) is 9.63 Å². The molecule has 1 saturated heterocycles. The van der Waals surface area contributed by atoms with E-state index in [0.717, 1.165) is 32.4 Å². The van der Waals surface area contributed by atoms with Crippen molar-refractivity contribution < 1.29 is 9.63 Å². The molecule has 2 aliphatic rings. The number of carbonyl (C=O) groups is 1. The van der Waals surface area contributed by atoms with Crippen LogP contribution in [0.25, 0.3) is 0 Å². The molecule has 0 radical (unpaired) electrons. The molecule has 1 unspecified atom stereocenters. The Hall–Kier alpha value is -0.610. The van der Waals surface area contributed by atoms with Crippen LogP contribution in [0.1, 0.15) is 38.5 Å². The van der Waals surface area contributed by atoms with E-state index < -0.39 is 0 Å². The van der Waals surface area contributed by atoms with Crippen LogP contribution in [0.3, 0.4) is 0 Å². The van der Waals surface area contributed by atoms with Gasteiger partial charge in [0.15, 0.2) is 0 Å². The summed E-state index contributed by atoms with van der Waals surface area (Å²) in [6.07, 6.45) is 6.60. The van der Waals surface area contributed by atoms with E-state index in [1.807, 2.05) is 0 Å². The van der Waals surface area contributed by atoms with Crippen LogP contribution in [0, 0.1) is 5.92 Å². The van der Waals surface area contributed by atoms with E-state index >= 15 is 0 Å². The third kappa shape index (κ3) is 3.47. The molecular weight excluding hydrogens is 192 g/mol. The minimum absolute atomic E-state index is 0.0376. The Labute approximate surface area is 90.7 Å². The molecule has 0 bridgehead atoms. The molecule has 1 saturated carbocycles. The molecule has 0 aromatic heterocycles. The van der Waals surface area contributed by atoms with E-state index in [1.165, 1.54) is 12.8 Å². The highest BCUT2D eigenvalue weighted by Gasteiger charge is 2.20. The molecule has 4 heteroatoms. The Kier molecular flexibility index (Phi) is 3.97. The number of rotatable bonds is 4.